The molecule has 1 aliphatic heterocycles. The van der Waals surface area contributed by atoms with Gasteiger partial charge in [-0.05, 0) is 23.1 Å². The third-order valence-electron chi connectivity index (χ3n) is 3.39. The predicted octanol–water partition coefficient (Wildman–Crippen LogP) is 2.69. The molecule has 0 saturated carbocycles. The Morgan fingerprint density at radius 1 is 1.40 bits per heavy atom. The van der Waals surface area contributed by atoms with Crippen molar-refractivity contribution < 1.29 is 9.18 Å². The molecule has 0 radical (unpaired) electrons. The second-order valence-electron chi connectivity index (χ2n) is 6.13. The largest absolute Gasteiger partial charge is 0.347 e. The fraction of sp³-hybridized carbons (Fsp3) is 0.533. The quantitative estimate of drug-likeness (QED) is 0.901. The third-order valence-corrected chi connectivity index (χ3v) is 4.33. The molecule has 2 N–H and O–H groups in total. The number of hydrogen-bond acceptors (Lipinski definition) is 3. The molecule has 0 spiro atoms. The van der Waals surface area contributed by atoms with Crippen molar-refractivity contribution in [3.05, 3.63) is 35.6 Å². The summed E-state index contributed by atoms with van der Waals surface area (Å²) in [5.74, 6) is 1.36. The van der Waals surface area contributed by atoms with Gasteiger partial charge in [-0.3, -0.25) is 10.1 Å². The van der Waals surface area contributed by atoms with Gasteiger partial charge < -0.3 is 5.32 Å². The highest BCUT2D eigenvalue weighted by Gasteiger charge is 2.31. The molecule has 2 unspecified atom stereocenters. The van der Waals surface area contributed by atoms with Gasteiger partial charge in [0, 0.05) is 11.6 Å². The van der Waals surface area contributed by atoms with Gasteiger partial charge in [-0.25, -0.2) is 4.39 Å². The maximum Gasteiger partial charge on any atom is 0.238 e. The first-order valence-electron chi connectivity index (χ1n) is 6.75. The van der Waals surface area contributed by atoms with Crippen LogP contribution in [0.2, 0.25) is 0 Å². The first kappa shape index (κ1) is 15.3. The van der Waals surface area contributed by atoms with E-state index >= 15 is 0 Å². The molecule has 1 amide bonds. The number of carbonyl (C=O) groups excluding carboxylic acids is 1. The summed E-state index contributed by atoms with van der Waals surface area (Å²) in [6, 6.07) is 6.08. The van der Waals surface area contributed by atoms with E-state index in [0.717, 1.165) is 17.2 Å². The first-order valence-corrected chi connectivity index (χ1v) is 7.90. The Labute approximate surface area is 123 Å². The second kappa shape index (κ2) is 6.14. The van der Waals surface area contributed by atoms with Gasteiger partial charge in [-0.1, -0.05) is 32.9 Å². The summed E-state index contributed by atoms with van der Waals surface area (Å²) in [5.41, 5.74) is 0.789. The highest BCUT2D eigenvalue weighted by atomic mass is 32.2. The average molecular weight is 296 g/mol. The fourth-order valence-electron chi connectivity index (χ4n) is 2.26. The predicted molar refractivity (Wildman–Crippen MR) is 81.0 cm³/mol. The molecule has 1 saturated heterocycles. The summed E-state index contributed by atoms with van der Waals surface area (Å²) >= 11 is 1.72. The van der Waals surface area contributed by atoms with Gasteiger partial charge in [-0.15, -0.1) is 11.8 Å². The summed E-state index contributed by atoms with van der Waals surface area (Å²) < 4.78 is 13.1. The fourth-order valence-corrected chi connectivity index (χ4v) is 3.20. The topological polar surface area (TPSA) is 41.1 Å². The van der Waals surface area contributed by atoms with Crippen molar-refractivity contribution >= 4 is 17.7 Å². The van der Waals surface area contributed by atoms with Crippen LogP contribution in [0.25, 0.3) is 0 Å². The van der Waals surface area contributed by atoms with Gasteiger partial charge in [0.2, 0.25) is 5.91 Å². The van der Waals surface area contributed by atoms with E-state index < -0.39 is 0 Å². The van der Waals surface area contributed by atoms with Gasteiger partial charge in [0.15, 0.2) is 0 Å². The number of amides is 1. The van der Waals surface area contributed by atoms with Crippen LogP contribution in [-0.4, -0.2) is 23.6 Å². The molecule has 1 fully saturated rings. The molecule has 1 aliphatic rings. The lowest BCUT2D eigenvalue weighted by Gasteiger charge is -2.32. The van der Waals surface area contributed by atoms with Gasteiger partial charge in [0.1, 0.15) is 5.82 Å². The van der Waals surface area contributed by atoms with Crippen LogP contribution in [0.15, 0.2) is 24.3 Å². The lowest BCUT2D eigenvalue weighted by atomic mass is 9.82. The molecule has 0 bridgehead atoms. The van der Waals surface area contributed by atoms with E-state index in [1.807, 2.05) is 0 Å². The van der Waals surface area contributed by atoms with Crippen LogP contribution in [0.3, 0.4) is 0 Å². The van der Waals surface area contributed by atoms with Crippen LogP contribution in [0, 0.1) is 11.2 Å². The summed E-state index contributed by atoms with van der Waals surface area (Å²) in [7, 11) is 0. The van der Waals surface area contributed by atoms with E-state index in [1.54, 1.807) is 23.9 Å². The lowest BCUT2D eigenvalue weighted by Crippen LogP contribution is -2.46. The molecule has 20 heavy (non-hydrogen) atoms. The van der Waals surface area contributed by atoms with Crippen LogP contribution in [0.1, 0.15) is 32.4 Å². The number of halogens is 1. The number of hydrogen-bond donors (Lipinski definition) is 2. The normalized spacial score (nSPS) is 20.7. The Bertz CT molecular complexity index is 464. The van der Waals surface area contributed by atoms with Gasteiger partial charge >= 0.3 is 0 Å². The van der Waals surface area contributed by atoms with Crippen molar-refractivity contribution in [3.8, 4) is 0 Å². The van der Waals surface area contributed by atoms with Crippen molar-refractivity contribution in [1.29, 1.82) is 0 Å². The summed E-state index contributed by atoms with van der Waals surface area (Å²) in [4.78, 5) is 12.3. The zero-order valence-corrected chi connectivity index (χ0v) is 12.9. The third kappa shape index (κ3) is 3.73. The SMILES string of the molecule is CC(C)(C)C(NC(=O)C1CSCN1)c1ccc(F)cc1. The van der Waals surface area contributed by atoms with E-state index in [4.69, 9.17) is 0 Å². The van der Waals surface area contributed by atoms with E-state index in [9.17, 15) is 9.18 Å². The Morgan fingerprint density at radius 3 is 2.55 bits per heavy atom. The van der Waals surface area contributed by atoms with E-state index in [2.05, 4.69) is 31.4 Å². The molecule has 2 rings (SSSR count). The van der Waals surface area contributed by atoms with Crippen LogP contribution in [0.4, 0.5) is 4.39 Å². The molecule has 0 aromatic heterocycles. The van der Waals surface area contributed by atoms with E-state index in [-0.39, 0.29) is 29.2 Å². The van der Waals surface area contributed by atoms with Crippen molar-refractivity contribution in [2.75, 3.05) is 11.6 Å². The molecule has 3 nitrogen and oxygen atoms in total. The number of rotatable bonds is 3. The molecule has 1 aromatic carbocycles. The summed E-state index contributed by atoms with van der Waals surface area (Å²) in [5, 5.41) is 6.26. The highest BCUT2D eigenvalue weighted by molar-refractivity contribution is 7.99. The Kier molecular flexibility index (Phi) is 4.70. The van der Waals surface area contributed by atoms with E-state index in [1.165, 1.54) is 12.1 Å². The standard InChI is InChI=1S/C15H21FN2OS/c1-15(2,3)13(10-4-6-11(16)7-5-10)18-14(19)12-8-20-9-17-12/h4-7,12-13,17H,8-9H2,1-3H3,(H,18,19). The lowest BCUT2D eigenvalue weighted by molar-refractivity contribution is -0.124. The molecule has 0 aliphatic carbocycles. The number of benzene rings is 1. The number of nitrogens with one attached hydrogen (secondary N) is 2. The zero-order valence-electron chi connectivity index (χ0n) is 12.1. The average Bonchev–Trinajstić information content (AvgIpc) is 2.89. The van der Waals surface area contributed by atoms with Crippen LogP contribution in [-0.2, 0) is 4.79 Å². The van der Waals surface area contributed by atoms with Gasteiger partial charge in [0.05, 0.1) is 12.1 Å². The number of carbonyl (C=O) groups is 1. The van der Waals surface area contributed by atoms with Gasteiger partial charge in [-0.2, -0.15) is 0 Å². The smallest absolute Gasteiger partial charge is 0.238 e. The van der Waals surface area contributed by atoms with E-state index in [0.29, 0.717) is 0 Å². The zero-order chi connectivity index (χ0) is 14.8. The molecule has 1 heterocycles. The van der Waals surface area contributed by atoms with Crippen LogP contribution >= 0.6 is 11.8 Å². The Hall–Kier alpha value is -1.07. The second-order valence-corrected chi connectivity index (χ2v) is 7.16. The minimum atomic E-state index is -0.262. The van der Waals surface area contributed by atoms with Crippen molar-refractivity contribution in [3.63, 3.8) is 0 Å². The van der Waals surface area contributed by atoms with Crippen molar-refractivity contribution in [2.45, 2.75) is 32.9 Å². The molecule has 5 heteroatoms. The monoisotopic (exact) mass is 296 g/mol. The van der Waals surface area contributed by atoms with Crippen molar-refractivity contribution in [1.82, 2.24) is 10.6 Å². The van der Waals surface area contributed by atoms with Crippen molar-refractivity contribution in [2.24, 2.45) is 5.41 Å². The van der Waals surface area contributed by atoms with Gasteiger partial charge in [0.25, 0.3) is 0 Å². The minimum Gasteiger partial charge on any atom is -0.347 e. The van der Waals surface area contributed by atoms with Crippen LogP contribution < -0.4 is 10.6 Å². The molecule has 2 atom stereocenters. The Balaban J connectivity index is 2.15. The molecular formula is C15H21FN2OS. The van der Waals surface area contributed by atoms with Crippen LogP contribution in [0.5, 0.6) is 0 Å². The maximum atomic E-state index is 13.1. The highest BCUT2D eigenvalue weighted by Crippen LogP contribution is 2.33. The first-order chi connectivity index (χ1) is 9.38. The number of thioether (sulfide) groups is 1. The molecule has 1 aromatic rings. The molecular weight excluding hydrogens is 275 g/mol. The minimum absolute atomic E-state index is 0.0132. The Morgan fingerprint density at radius 2 is 2.05 bits per heavy atom. The summed E-state index contributed by atoms with van der Waals surface area (Å²) in [6.45, 7) is 6.20. The molecule has 110 valence electrons. The maximum absolute atomic E-state index is 13.1. The summed E-state index contributed by atoms with van der Waals surface area (Å²) in [6.07, 6.45) is 0.